The highest BCUT2D eigenvalue weighted by atomic mass is 35.5. The highest BCUT2D eigenvalue weighted by Gasteiger charge is 2.47. The van der Waals surface area contributed by atoms with E-state index in [0.29, 0.717) is 17.0 Å². The number of anilines is 1. The molecule has 1 saturated heterocycles. The van der Waals surface area contributed by atoms with Gasteiger partial charge >= 0.3 is 0 Å². The van der Waals surface area contributed by atoms with Crippen molar-refractivity contribution in [2.45, 2.75) is 13.0 Å². The third-order valence-electron chi connectivity index (χ3n) is 5.61. The van der Waals surface area contributed by atoms with Crippen LogP contribution in [0.3, 0.4) is 0 Å². The molecule has 6 nitrogen and oxygen atoms in total. The number of carbonyl (C=O) groups is 2. The van der Waals surface area contributed by atoms with E-state index in [0.717, 1.165) is 5.56 Å². The average Bonchev–Trinajstić information content (AvgIpc) is 3.09. The Morgan fingerprint density at radius 2 is 1.62 bits per heavy atom. The van der Waals surface area contributed by atoms with Crippen LogP contribution in [0.15, 0.2) is 66.2 Å². The van der Waals surface area contributed by atoms with E-state index in [4.69, 9.17) is 32.7 Å². The van der Waals surface area contributed by atoms with Gasteiger partial charge in [-0.3, -0.25) is 14.5 Å². The number of ketones is 1. The standard InChI is InChI=1S/C26H21Cl2NO5/c1-14-6-4-7-15(10-14)22-21(23(30)16-11-19(27)25(34-3)20(28)12-16)24(31)26(32)29(22)17-8-5-9-18(13-17)33-2/h4-13,22,30H,1-3H3/b23-21+. The number of nitrogens with zero attached hydrogens (tertiary/aromatic N) is 1. The van der Waals surface area contributed by atoms with Crippen LogP contribution in [0.1, 0.15) is 22.7 Å². The number of methoxy groups -OCH3 is 2. The lowest BCUT2D eigenvalue weighted by Gasteiger charge is -2.26. The number of carbonyl (C=O) groups excluding carboxylic acids is 2. The summed E-state index contributed by atoms with van der Waals surface area (Å²) in [6, 6.07) is 16.2. The van der Waals surface area contributed by atoms with Gasteiger partial charge < -0.3 is 14.6 Å². The number of aryl methyl sites for hydroxylation is 1. The van der Waals surface area contributed by atoms with Crippen molar-refractivity contribution in [3.05, 3.63) is 93.0 Å². The Hall–Kier alpha value is -3.48. The lowest BCUT2D eigenvalue weighted by atomic mass is 9.94. The summed E-state index contributed by atoms with van der Waals surface area (Å²) in [6.07, 6.45) is 0. The second-order valence-electron chi connectivity index (χ2n) is 7.76. The van der Waals surface area contributed by atoms with Gasteiger partial charge in [-0.05, 0) is 36.8 Å². The number of halogens is 2. The fraction of sp³-hybridized carbons (Fsp3) is 0.154. The molecule has 0 saturated carbocycles. The summed E-state index contributed by atoms with van der Waals surface area (Å²) in [7, 11) is 2.94. The number of rotatable bonds is 5. The van der Waals surface area contributed by atoms with E-state index in [9.17, 15) is 14.7 Å². The second kappa shape index (κ2) is 9.41. The minimum absolute atomic E-state index is 0.0734. The maximum atomic E-state index is 13.3. The highest BCUT2D eigenvalue weighted by molar-refractivity contribution is 6.51. The first kappa shape index (κ1) is 23.7. The molecule has 0 bridgehead atoms. The fourth-order valence-corrected chi connectivity index (χ4v) is 4.70. The van der Waals surface area contributed by atoms with E-state index in [2.05, 4.69) is 0 Å². The Morgan fingerprint density at radius 3 is 2.24 bits per heavy atom. The molecule has 1 N–H and O–H groups in total. The van der Waals surface area contributed by atoms with Crippen molar-refractivity contribution >= 4 is 46.3 Å². The molecule has 1 unspecified atom stereocenters. The van der Waals surface area contributed by atoms with E-state index in [-0.39, 0.29) is 32.7 Å². The second-order valence-corrected chi connectivity index (χ2v) is 8.57. The normalized spacial score (nSPS) is 17.2. The van der Waals surface area contributed by atoms with Gasteiger partial charge in [-0.2, -0.15) is 0 Å². The summed E-state index contributed by atoms with van der Waals surface area (Å²) >= 11 is 12.5. The summed E-state index contributed by atoms with van der Waals surface area (Å²) in [5, 5.41) is 11.6. The number of Topliss-reactive ketones (excluding diaryl/α,β-unsaturated/α-hetero) is 1. The molecule has 1 aliphatic heterocycles. The highest BCUT2D eigenvalue weighted by Crippen LogP contribution is 2.44. The minimum Gasteiger partial charge on any atom is -0.507 e. The zero-order valence-corrected chi connectivity index (χ0v) is 20.1. The third kappa shape index (κ3) is 4.11. The lowest BCUT2D eigenvalue weighted by Crippen LogP contribution is -2.29. The molecule has 0 radical (unpaired) electrons. The molecule has 174 valence electrons. The van der Waals surface area contributed by atoms with Crippen molar-refractivity contribution in [1.82, 2.24) is 0 Å². The van der Waals surface area contributed by atoms with Crippen LogP contribution in [0.2, 0.25) is 10.0 Å². The molecule has 1 atom stereocenters. The Kier molecular flexibility index (Phi) is 6.55. The lowest BCUT2D eigenvalue weighted by molar-refractivity contribution is -0.132. The van der Waals surface area contributed by atoms with Crippen molar-refractivity contribution in [2.75, 3.05) is 19.1 Å². The minimum atomic E-state index is -0.883. The van der Waals surface area contributed by atoms with Gasteiger partial charge in [0.2, 0.25) is 0 Å². The summed E-state index contributed by atoms with van der Waals surface area (Å²) in [5.74, 6) is -1.22. The van der Waals surface area contributed by atoms with Gasteiger partial charge in [0.25, 0.3) is 11.7 Å². The van der Waals surface area contributed by atoms with Crippen molar-refractivity contribution in [1.29, 1.82) is 0 Å². The van der Waals surface area contributed by atoms with Crippen LogP contribution >= 0.6 is 23.2 Å². The molecule has 0 aromatic heterocycles. The van der Waals surface area contributed by atoms with Crippen molar-refractivity contribution < 1.29 is 24.2 Å². The molecule has 3 aromatic carbocycles. The number of ether oxygens (including phenoxy) is 2. The number of aliphatic hydroxyl groups excluding tert-OH is 1. The van der Waals surface area contributed by atoms with Crippen molar-refractivity contribution in [3.8, 4) is 11.5 Å². The Balaban J connectivity index is 1.97. The SMILES string of the molecule is COc1cccc(N2C(=O)C(=O)/C(=C(/O)c3cc(Cl)c(OC)c(Cl)c3)C2c2cccc(C)c2)c1. The van der Waals surface area contributed by atoms with Gasteiger partial charge in [-0.15, -0.1) is 0 Å². The zero-order chi connectivity index (χ0) is 24.6. The Labute approximate surface area is 206 Å². The van der Waals surface area contributed by atoms with Crippen LogP contribution in [-0.2, 0) is 9.59 Å². The third-order valence-corrected chi connectivity index (χ3v) is 6.17. The zero-order valence-electron chi connectivity index (χ0n) is 18.6. The first-order chi connectivity index (χ1) is 16.3. The van der Waals surface area contributed by atoms with Crippen LogP contribution in [0.4, 0.5) is 5.69 Å². The molecule has 34 heavy (non-hydrogen) atoms. The van der Waals surface area contributed by atoms with Gasteiger partial charge in [0.15, 0.2) is 5.75 Å². The monoisotopic (exact) mass is 497 g/mol. The summed E-state index contributed by atoms with van der Waals surface area (Å²) < 4.78 is 10.5. The average molecular weight is 498 g/mol. The molecular weight excluding hydrogens is 477 g/mol. The molecule has 0 aliphatic carbocycles. The molecule has 4 rings (SSSR count). The fourth-order valence-electron chi connectivity index (χ4n) is 4.06. The molecular formula is C26H21Cl2NO5. The van der Waals surface area contributed by atoms with E-state index in [1.807, 2.05) is 25.1 Å². The van der Waals surface area contributed by atoms with E-state index < -0.39 is 17.7 Å². The smallest absolute Gasteiger partial charge is 0.300 e. The molecule has 0 spiro atoms. The Bertz CT molecular complexity index is 1310. The summed E-state index contributed by atoms with van der Waals surface area (Å²) in [5.41, 5.74) is 2.17. The first-order valence-electron chi connectivity index (χ1n) is 10.3. The van der Waals surface area contributed by atoms with Crippen LogP contribution in [0.5, 0.6) is 11.5 Å². The van der Waals surface area contributed by atoms with Gasteiger partial charge in [-0.1, -0.05) is 59.1 Å². The van der Waals surface area contributed by atoms with Gasteiger partial charge in [0, 0.05) is 17.3 Å². The molecule has 1 amide bonds. The van der Waals surface area contributed by atoms with Gasteiger partial charge in [-0.25, -0.2) is 0 Å². The predicted molar refractivity (Wildman–Crippen MR) is 132 cm³/mol. The molecule has 3 aromatic rings. The molecule has 1 heterocycles. The van der Waals surface area contributed by atoms with Gasteiger partial charge in [0.1, 0.15) is 11.5 Å². The van der Waals surface area contributed by atoms with E-state index in [1.165, 1.54) is 31.3 Å². The number of hydrogen-bond donors (Lipinski definition) is 1. The number of benzene rings is 3. The molecule has 1 fully saturated rings. The largest absolute Gasteiger partial charge is 0.507 e. The maximum Gasteiger partial charge on any atom is 0.300 e. The number of aliphatic hydroxyl groups is 1. The molecule has 1 aliphatic rings. The van der Waals surface area contributed by atoms with Crippen LogP contribution in [0.25, 0.3) is 5.76 Å². The summed E-state index contributed by atoms with van der Waals surface area (Å²) in [6.45, 7) is 1.91. The topological polar surface area (TPSA) is 76.1 Å². The van der Waals surface area contributed by atoms with E-state index >= 15 is 0 Å². The Morgan fingerprint density at radius 1 is 0.941 bits per heavy atom. The first-order valence-corrected chi connectivity index (χ1v) is 11.1. The van der Waals surface area contributed by atoms with Crippen LogP contribution < -0.4 is 14.4 Å². The van der Waals surface area contributed by atoms with Gasteiger partial charge in [0.05, 0.1) is 35.9 Å². The van der Waals surface area contributed by atoms with E-state index in [1.54, 1.807) is 30.3 Å². The maximum absolute atomic E-state index is 13.3. The predicted octanol–water partition coefficient (Wildman–Crippen LogP) is 5.95. The number of amides is 1. The van der Waals surface area contributed by atoms with Crippen molar-refractivity contribution in [2.24, 2.45) is 0 Å². The summed E-state index contributed by atoms with van der Waals surface area (Å²) in [4.78, 5) is 27.9. The van der Waals surface area contributed by atoms with Crippen LogP contribution in [-0.4, -0.2) is 31.0 Å². The van der Waals surface area contributed by atoms with Crippen molar-refractivity contribution in [3.63, 3.8) is 0 Å². The number of hydrogen-bond acceptors (Lipinski definition) is 5. The molecule has 8 heteroatoms. The quantitative estimate of drug-likeness (QED) is 0.268. The van der Waals surface area contributed by atoms with Crippen LogP contribution in [0, 0.1) is 6.92 Å².